The fraction of sp³-hybridized carbons (Fsp3) is 0.704. The van der Waals surface area contributed by atoms with Gasteiger partial charge in [0.1, 0.15) is 6.54 Å². The molecule has 2 heterocycles. The van der Waals surface area contributed by atoms with E-state index >= 15 is 0 Å². The predicted octanol–water partition coefficient (Wildman–Crippen LogP) is 3.15. The number of hydrogen-bond acceptors (Lipinski definition) is 4. The third-order valence-electron chi connectivity index (χ3n) is 9.09. The van der Waals surface area contributed by atoms with Gasteiger partial charge in [-0.3, -0.25) is 9.69 Å². The minimum atomic E-state index is -0.160. The molecule has 5 rings (SSSR count). The molecule has 2 aliphatic carbocycles. The van der Waals surface area contributed by atoms with Crippen molar-refractivity contribution < 1.29 is 14.3 Å². The van der Waals surface area contributed by atoms with Gasteiger partial charge in [0.15, 0.2) is 0 Å². The predicted molar refractivity (Wildman–Crippen MR) is 131 cm³/mol. The third kappa shape index (κ3) is 4.22. The maximum Gasteiger partial charge on any atom is 0.321 e. The molecule has 1 aromatic carbocycles. The van der Waals surface area contributed by atoms with Gasteiger partial charge in [0.05, 0.1) is 18.8 Å². The molecule has 0 radical (unpaired) electrons. The highest BCUT2D eigenvalue weighted by atomic mass is 16.5. The van der Waals surface area contributed by atoms with E-state index in [0.29, 0.717) is 38.8 Å². The van der Waals surface area contributed by atoms with E-state index in [1.54, 1.807) is 0 Å². The smallest absolute Gasteiger partial charge is 0.321 e. The van der Waals surface area contributed by atoms with Crippen LogP contribution in [0.3, 0.4) is 0 Å². The number of carbonyl (C=O) groups excluding carboxylic acids is 2. The van der Waals surface area contributed by atoms with E-state index in [-0.39, 0.29) is 29.6 Å². The van der Waals surface area contributed by atoms with Crippen molar-refractivity contribution in [2.24, 2.45) is 5.92 Å². The van der Waals surface area contributed by atoms with Gasteiger partial charge >= 0.3 is 6.03 Å². The Labute approximate surface area is 204 Å². The number of amides is 3. The molecular formula is C27H40N4O3. The van der Waals surface area contributed by atoms with Crippen LogP contribution in [0.2, 0.25) is 0 Å². The summed E-state index contributed by atoms with van der Waals surface area (Å²) < 4.78 is 5.40. The lowest BCUT2D eigenvalue weighted by atomic mass is 9.68. The molecule has 4 fully saturated rings. The van der Waals surface area contributed by atoms with Crippen LogP contribution in [-0.2, 0) is 15.1 Å². The van der Waals surface area contributed by atoms with Crippen LogP contribution < -0.4 is 0 Å². The van der Waals surface area contributed by atoms with Crippen molar-refractivity contribution in [2.45, 2.75) is 56.0 Å². The van der Waals surface area contributed by atoms with Crippen LogP contribution in [0, 0.1) is 5.92 Å². The van der Waals surface area contributed by atoms with Crippen molar-refractivity contribution in [1.82, 2.24) is 19.6 Å². The molecule has 0 aromatic heterocycles. The van der Waals surface area contributed by atoms with Crippen molar-refractivity contribution in [3.8, 4) is 0 Å². The number of benzene rings is 1. The molecule has 1 spiro atoms. The molecule has 34 heavy (non-hydrogen) atoms. The van der Waals surface area contributed by atoms with Gasteiger partial charge in [0, 0.05) is 31.7 Å². The number of nitrogens with zero attached hydrogens (tertiary/aromatic N) is 4. The van der Waals surface area contributed by atoms with Crippen molar-refractivity contribution in [3.05, 3.63) is 35.9 Å². The quantitative estimate of drug-likeness (QED) is 0.644. The second-order valence-corrected chi connectivity index (χ2v) is 11.1. The lowest BCUT2D eigenvalue weighted by Crippen LogP contribution is -2.56. The summed E-state index contributed by atoms with van der Waals surface area (Å²) in [6.07, 6.45) is 7.70. The summed E-state index contributed by atoms with van der Waals surface area (Å²) in [5, 5.41) is 0. The van der Waals surface area contributed by atoms with Gasteiger partial charge in [0.2, 0.25) is 5.91 Å². The van der Waals surface area contributed by atoms with E-state index in [4.69, 9.17) is 4.74 Å². The first-order chi connectivity index (χ1) is 16.4. The van der Waals surface area contributed by atoms with Gasteiger partial charge < -0.3 is 19.4 Å². The number of morpholine rings is 1. The van der Waals surface area contributed by atoms with Crippen molar-refractivity contribution in [1.29, 1.82) is 0 Å². The summed E-state index contributed by atoms with van der Waals surface area (Å²) in [7, 11) is 4.37. The zero-order chi connectivity index (χ0) is 23.8. The van der Waals surface area contributed by atoms with Crippen LogP contribution in [0.25, 0.3) is 0 Å². The summed E-state index contributed by atoms with van der Waals surface area (Å²) in [6, 6.07) is 10.9. The molecule has 0 N–H and O–H groups in total. The Balaban J connectivity index is 1.35. The molecule has 7 nitrogen and oxygen atoms in total. The summed E-state index contributed by atoms with van der Waals surface area (Å²) in [5.74, 6) is 0.672. The molecule has 2 saturated carbocycles. The second-order valence-electron chi connectivity index (χ2n) is 11.1. The summed E-state index contributed by atoms with van der Waals surface area (Å²) in [5.41, 5.74) is 1.20. The van der Waals surface area contributed by atoms with Gasteiger partial charge in [-0.2, -0.15) is 0 Å². The topological polar surface area (TPSA) is 56.3 Å². The zero-order valence-corrected chi connectivity index (χ0v) is 20.9. The molecule has 7 heteroatoms. The normalized spacial score (nSPS) is 30.3. The molecule has 0 unspecified atom stereocenters. The molecule has 4 aliphatic rings. The van der Waals surface area contributed by atoms with E-state index in [9.17, 15) is 9.59 Å². The highest BCUT2D eigenvalue weighted by molar-refractivity contribution is 5.86. The van der Waals surface area contributed by atoms with Crippen LogP contribution in [0.4, 0.5) is 4.79 Å². The summed E-state index contributed by atoms with van der Waals surface area (Å²) in [4.78, 5) is 34.9. The minimum Gasteiger partial charge on any atom is -0.378 e. The number of rotatable bonds is 6. The van der Waals surface area contributed by atoms with Crippen LogP contribution in [-0.4, -0.2) is 97.1 Å². The minimum absolute atomic E-state index is 0.00522. The van der Waals surface area contributed by atoms with Gasteiger partial charge in [-0.1, -0.05) is 36.8 Å². The Kier molecular flexibility index (Phi) is 6.60. The van der Waals surface area contributed by atoms with Crippen LogP contribution in [0.15, 0.2) is 30.3 Å². The van der Waals surface area contributed by atoms with Gasteiger partial charge in [-0.05, 0) is 64.1 Å². The van der Waals surface area contributed by atoms with E-state index in [1.165, 1.54) is 24.8 Å². The zero-order valence-electron chi connectivity index (χ0n) is 20.9. The maximum atomic E-state index is 13.7. The fourth-order valence-electron chi connectivity index (χ4n) is 6.59. The third-order valence-corrected chi connectivity index (χ3v) is 9.09. The Morgan fingerprint density at radius 1 is 1.06 bits per heavy atom. The molecule has 3 amide bonds. The Morgan fingerprint density at radius 3 is 2.32 bits per heavy atom. The number of carbonyl (C=O) groups is 2. The summed E-state index contributed by atoms with van der Waals surface area (Å²) in [6.45, 7) is 4.14. The lowest BCUT2D eigenvalue weighted by Gasteiger charge is -2.51. The monoisotopic (exact) mass is 468 g/mol. The Hall–Kier alpha value is -2.12. The molecular weight excluding hydrogens is 428 g/mol. The average Bonchev–Trinajstić information content (AvgIpc) is 3.08. The number of urea groups is 1. The van der Waals surface area contributed by atoms with Crippen LogP contribution in [0.1, 0.15) is 50.5 Å². The van der Waals surface area contributed by atoms with Gasteiger partial charge in [0.25, 0.3) is 0 Å². The number of hydrogen-bond donors (Lipinski definition) is 0. The van der Waals surface area contributed by atoms with E-state index in [0.717, 1.165) is 32.2 Å². The first-order valence-corrected chi connectivity index (χ1v) is 13.1. The van der Waals surface area contributed by atoms with Crippen LogP contribution in [0.5, 0.6) is 0 Å². The van der Waals surface area contributed by atoms with E-state index < -0.39 is 0 Å². The highest BCUT2D eigenvalue weighted by Gasteiger charge is 2.55. The van der Waals surface area contributed by atoms with Crippen molar-refractivity contribution in [2.75, 3.05) is 60.0 Å². The molecule has 2 aliphatic heterocycles. The molecule has 186 valence electrons. The first-order valence-electron chi connectivity index (χ1n) is 13.1. The first kappa shape index (κ1) is 23.6. The lowest BCUT2D eigenvalue weighted by molar-refractivity contribution is -0.135. The highest BCUT2D eigenvalue weighted by Crippen LogP contribution is 2.49. The summed E-state index contributed by atoms with van der Waals surface area (Å²) >= 11 is 0. The molecule has 1 aromatic rings. The van der Waals surface area contributed by atoms with Gasteiger partial charge in [-0.25, -0.2) is 4.79 Å². The van der Waals surface area contributed by atoms with Crippen molar-refractivity contribution in [3.63, 3.8) is 0 Å². The largest absolute Gasteiger partial charge is 0.378 e. The number of ether oxygens (including phenoxy) is 1. The van der Waals surface area contributed by atoms with Crippen molar-refractivity contribution >= 4 is 11.9 Å². The van der Waals surface area contributed by atoms with Crippen LogP contribution >= 0.6 is 0 Å². The fourth-order valence-corrected chi connectivity index (χ4v) is 6.59. The average molecular weight is 469 g/mol. The molecule has 0 bridgehead atoms. The Morgan fingerprint density at radius 2 is 1.74 bits per heavy atom. The van der Waals surface area contributed by atoms with E-state index in [2.05, 4.69) is 54.2 Å². The molecule has 2 saturated heterocycles. The van der Waals surface area contributed by atoms with Gasteiger partial charge in [-0.15, -0.1) is 0 Å². The standard InChI is InChI=1S/C27H40N4O3/c1-28(2)27(23-9-4-3-5-10-23)13-11-26(12-14-27)21-30(20-24(32)29-15-17-34-18-16-29)25(33)31(26)19-22-7-6-8-22/h3-5,9-10,22H,6-8,11-21H2,1-2H3. The maximum absolute atomic E-state index is 13.7. The van der Waals surface area contributed by atoms with E-state index in [1.807, 2.05) is 9.80 Å². The molecule has 0 atom stereocenters. The SMILES string of the molecule is CN(C)C1(c2ccccc2)CCC2(CC1)CN(CC(=O)N1CCOCC1)C(=O)N2CC1CCC1. The Bertz CT molecular complexity index is 871. The second kappa shape index (κ2) is 9.50.